The van der Waals surface area contributed by atoms with Gasteiger partial charge in [-0.3, -0.25) is 14.2 Å². The lowest BCUT2D eigenvalue weighted by atomic mass is 9.78. The lowest BCUT2D eigenvalue weighted by Gasteiger charge is -2.32. The van der Waals surface area contributed by atoms with Crippen molar-refractivity contribution in [3.63, 3.8) is 0 Å². The second kappa shape index (κ2) is 9.21. The van der Waals surface area contributed by atoms with Gasteiger partial charge in [-0.05, 0) is 43.5 Å². The average Bonchev–Trinajstić information content (AvgIpc) is 3.17. The van der Waals surface area contributed by atoms with E-state index in [-0.39, 0.29) is 16.9 Å². The summed E-state index contributed by atoms with van der Waals surface area (Å²) in [5, 5.41) is 10.5. The van der Waals surface area contributed by atoms with E-state index in [4.69, 9.17) is 14.9 Å². The van der Waals surface area contributed by atoms with Crippen molar-refractivity contribution in [1.82, 2.24) is 19.8 Å². The lowest BCUT2D eigenvalue weighted by Crippen LogP contribution is -2.41. The number of rotatable bonds is 1. The van der Waals surface area contributed by atoms with E-state index in [9.17, 15) is 22.8 Å². The van der Waals surface area contributed by atoms with Crippen LogP contribution in [0.15, 0.2) is 35.1 Å². The number of halogens is 3. The van der Waals surface area contributed by atoms with E-state index in [1.54, 1.807) is 4.90 Å². The van der Waals surface area contributed by atoms with E-state index in [1.807, 2.05) is 34.9 Å². The van der Waals surface area contributed by atoms with E-state index in [2.05, 4.69) is 5.32 Å². The quantitative estimate of drug-likeness (QED) is 0.650. The molecule has 8 nitrogen and oxygen atoms in total. The summed E-state index contributed by atoms with van der Waals surface area (Å²) in [4.78, 5) is 41.5. The highest BCUT2D eigenvalue weighted by Crippen LogP contribution is 2.39. The molecule has 5 rings (SSSR count). The Morgan fingerprint density at radius 2 is 1.76 bits per heavy atom. The molecule has 0 atom stereocenters. The van der Waals surface area contributed by atoms with Gasteiger partial charge in [0.15, 0.2) is 0 Å². The second-order valence-corrected chi connectivity index (χ2v) is 8.92. The van der Waals surface area contributed by atoms with Crippen molar-refractivity contribution in [2.24, 2.45) is 5.41 Å². The predicted molar refractivity (Wildman–Crippen MR) is 115 cm³/mol. The summed E-state index contributed by atoms with van der Waals surface area (Å²) in [7, 11) is 0. The van der Waals surface area contributed by atoms with Gasteiger partial charge in [0.05, 0.1) is 17.8 Å². The molecule has 4 heterocycles. The number of nitrogens with zero attached hydrogens (tertiary/aromatic N) is 3. The van der Waals surface area contributed by atoms with Crippen LogP contribution in [-0.2, 0) is 30.7 Å². The third-order valence-electron chi connectivity index (χ3n) is 6.64. The van der Waals surface area contributed by atoms with Gasteiger partial charge in [-0.1, -0.05) is 18.2 Å². The fourth-order valence-corrected chi connectivity index (χ4v) is 4.82. The van der Waals surface area contributed by atoms with E-state index in [1.165, 1.54) is 0 Å². The van der Waals surface area contributed by atoms with Crippen LogP contribution in [0.3, 0.4) is 0 Å². The minimum atomic E-state index is -5.08. The molecule has 0 aliphatic carbocycles. The van der Waals surface area contributed by atoms with Gasteiger partial charge in [-0.25, -0.2) is 9.78 Å². The maximum absolute atomic E-state index is 13.2. The minimum absolute atomic E-state index is 0.0130. The molecule has 182 valence electrons. The van der Waals surface area contributed by atoms with Gasteiger partial charge in [-0.2, -0.15) is 13.2 Å². The summed E-state index contributed by atoms with van der Waals surface area (Å²) in [6, 6.07) is 9.29. The Balaban J connectivity index is 0.000000344. The van der Waals surface area contributed by atoms with Crippen molar-refractivity contribution < 1.29 is 27.9 Å². The number of carboxylic acids is 1. The van der Waals surface area contributed by atoms with Crippen LogP contribution in [0.4, 0.5) is 13.2 Å². The molecule has 2 N–H and O–H groups in total. The highest BCUT2D eigenvalue weighted by Gasteiger charge is 2.41. The SMILES string of the molecule is O=C(O)C(F)(F)F.O=C(c1ccccc1)N1CCc2nc3n(c(=O)c2C1)CC1(CCNCC1)C3. The van der Waals surface area contributed by atoms with Gasteiger partial charge < -0.3 is 15.3 Å². The maximum atomic E-state index is 13.2. The number of hydrogen-bond acceptors (Lipinski definition) is 5. The van der Waals surface area contributed by atoms with Gasteiger partial charge in [0.2, 0.25) is 0 Å². The van der Waals surface area contributed by atoms with E-state index < -0.39 is 12.1 Å². The summed E-state index contributed by atoms with van der Waals surface area (Å²) in [5.74, 6) is -1.82. The molecule has 0 saturated carbocycles. The Bertz CT molecular complexity index is 1140. The topological polar surface area (TPSA) is 105 Å². The fourth-order valence-electron chi connectivity index (χ4n) is 4.82. The normalized spacial score (nSPS) is 18.5. The Morgan fingerprint density at radius 1 is 1.12 bits per heavy atom. The molecule has 1 fully saturated rings. The molecule has 2 aromatic rings. The molecule has 1 spiro atoms. The zero-order valence-corrected chi connectivity index (χ0v) is 18.4. The average molecular weight is 478 g/mol. The Kier molecular flexibility index (Phi) is 6.48. The Morgan fingerprint density at radius 3 is 2.38 bits per heavy atom. The number of fused-ring (bicyclic) bond motifs is 2. The van der Waals surface area contributed by atoms with E-state index in [0.29, 0.717) is 30.6 Å². The molecule has 0 unspecified atom stereocenters. The van der Waals surface area contributed by atoms with Gasteiger partial charge in [0.1, 0.15) is 5.82 Å². The first-order valence-electron chi connectivity index (χ1n) is 11.1. The molecular weight excluding hydrogens is 453 g/mol. The first-order chi connectivity index (χ1) is 16.1. The number of nitrogens with one attached hydrogen (secondary N) is 1. The van der Waals surface area contributed by atoms with Crippen LogP contribution in [0.25, 0.3) is 0 Å². The first kappa shape index (κ1) is 23.9. The van der Waals surface area contributed by atoms with Crippen molar-refractivity contribution in [3.8, 4) is 0 Å². The van der Waals surface area contributed by atoms with Crippen LogP contribution in [0.5, 0.6) is 0 Å². The zero-order chi connectivity index (χ0) is 24.5. The molecule has 3 aliphatic heterocycles. The van der Waals surface area contributed by atoms with Crippen molar-refractivity contribution in [3.05, 3.63) is 63.3 Å². The zero-order valence-electron chi connectivity index (χ0n) is 18.4. The number of alkyl halides is 3. The molecule has 1 aromatic carbocycles. The number of carbonyl (C=O) groups excluding carboxylic acids is 1. The molecule has 1 amide bonds. The Labute approximate surface area is 193 Å². The number of hydrogen-bond donors (Lipinski definition) is 2. The number of aliphatic carboxylic acids is 1. The van der Waals surface area contributed by atoms with Crippen LogP contribution < -0.4 is 10.9 Å². The first-order valence-corrected chi connectivity index (χ1v) is 11.1. The summed E-state index contributed by atoms with van der Waals surface area (Å²) in [5.41, 5.74) is 2.53. The van der Waals surface area contributed by atoms with Gasteiger partial charge in [0.25, 0.3) is 11.5 Å². The highest BCUT2D eigenvalue weighted by atomic mass is 19.4. The second-order valence-electron chi connectivity index (χ2n) is 8.92. The molecule has 1 saturated heterocycles. The molecule has 34 heavy (non-hydrogen) atoms. The molecule has 1 aromatic heterocycles. The summed E-state index contributed by atoms with van der Waals surface area (Å²) < 4.78 is 33.6. The summed E-state index contributed by atoms with van der Waals surface area (Å²) >= 11 is 0. The third-order valence-corrected chi connectivity index (χ3v) is 6.64. The van der Waals surface area contributed by atoms with Crippen LogP contribution in [0.2, 0.25) is 0 Å². The van der Waals surface area contributed by atoms with E-state index >= 15 is 0 Å². The molecule has 0 bridgehead atoms. The van der Waals surface area contributed by atoms with Crippen molar-refractivity contribution in [2.45, 2.75) is 44.9 Å². The number of carboxylic acid groups (broad SMARTS) is 1. The van der Waals surface area contributed by atoms with Crippen molar-refractivity contribution in [2.75, 3.05) is 19.6 Å². The van der Waals surface area contributed by atoms with Crippen LogP contribution in [-0.4, -0.2) is 57.2 Å². The number of aromatic nitrogens is 2. The lowest BCUT2D eigenvalue weighted by molar-refractivity contribution is -0.192. The van der Waals surface area contributed by atoms with Crippen molar-refractivity contribution >= 4 is 11.9 Å². The van der Waals surface area contributed by atoms with Crippen LogP contribution >= 0.6 is 0 Å². The highest BCUT2D eigenvalue weighted by molar-refractivity contribution is 5.94. The fraction of sp³-hybridized carbons (Fsp3) is 0.478. The maximum Gasteiger partial charge on any atom is 0.490 e. The number of piperidine rings is 1. The summed E-state index contributed by atoms with van der Waals surface area (Å²) in [6.07, 6.45) is -1.33. The molecule has 3 aliphatic rings. The standard InChI is InChI=1S/C21H24N4O2.C2HF3O2/c26-19(15-4-2-1-3-5-15)24-11-6-17-16(13-24)20(27)25-14-21(12-18(25)23-17)7-9-22-10-8-21;3-2(4,5)1(6)7/h1-5,22H,6-14H2;(H,6,7). The van der Waals surface area contributed by atoms with Gasteiger partial charge in [-0.15, -0.1) is 0 Å². The number of benzene rings is 1. The van der Waals surface area contributed by atoms with Gasteiger partial charge in [0, 0.05) is 31.5 Å². The van der Waals surface area contributed by atoms with Crippen molar-refractivity contribution in [1.29, 1.82) is 0 Å². The number of carbonyl (C=O) groups is 2. The van der Waals surface area contributed by atoms with Crippen LogP contribution in [0.1, 0.15) is 40.3 Å². The predicted octanol–water partition coefficient (Wildman–Crippen LogP) is 2.00. The molecular formula is C23H25F3N4O4. The Hall–Kier alpha value is -3.21. The largest absolute Gasteiger partial charge is 0.490 e. The van der Waals surface area contributed by atoms with Crippen LogP contribution in [0, 0.1) is 5.41 Å². The summed E-state index contributed by atoms with van der Waals surface area (Å²) in [6.45, 7) is 3.79. The molecule has 0 radical (unpaired) electrons. The molecule has 11 heteroatoms. The number of amides is 1. The van der Waals surface area contributed by atoms with Gasteiger partial charge >= 0.3 is 12.1 Å². The third kappa shape index (κ3) is 4.84. The monoisotopic (exact) mass is 478 g/mol. The van der Waals surface area contributed by atoms with E-state index in [0.717, 1.165) is 50.4 Å². The smallest absolute Gasteiger partial charge is 0.475 e. The minimum Gasteiger partial charge on any atom is -0.475 e.